The Bertz CT molecular complexity index is 454. The molecule has 1 aromatic rings. The van der Waals surface area contributed by atoms with E-state index < -0.39 is 11.9 Å². The summed E-state index contributed by atoms with van der Waals surface area (Å²) < 4.78 is 5.38. The first-order valence-electron chi connectivity index (χ1n) is 4.77. The molecular weight excluding hydrogens is 212 g/mol. The van der Waals surface area contributed by atoms with Crippen molar-refractivity contribution in [3.63, 3.8) is 0 Å². The maximum Gasteiger partial charge on any atom is 0.337 e. The molecule has 1 fully saturated rings. The number of carboxylic acids is 1. The quantitative estimate of drug-likeness (QED) is 0.768. The summed E-state index contributed by atoms with van der Waals surface area (Å²) in [6, 6.07) is 1.27. The van der Waals surface area contributed by atoms with Crippen molar-refractivity contribution in [2.45, 2.75) is 18.9 Å². The van der Waals surface area contributed by atoms with Crippen molar-refractivity contribution in [3.05, 3.63) is 23.5 Å². The van der Waals surface area contributed by atoms with Gasteiger partial charge in [-0.1, -0.05) is 0 Å². The SMILES string of the molecule is NC(=O)c1ncc(C(=O)O)cc1OC1CC1. The topological polar surface area (TPSA) is 103 Å². The van der Waals surface area contributed by atoms with Gasteiger partial charge in [0, 0.05) is 6.20 Å². The molecule has 6 nitrogen and oxygen atoms in total. The van der Waals surface area contributed by atoms with E-state index in [1.807, 2.05) is 0 Å². The number of carbonyl (C=O) groups excluding carboxylic acids is 1. The van der Waals surface area contributed by atoms with Crippen LogP contribution in [0.25, 0.3) is 0 Å². The van der Waals surface area contributed by atoms with Crippen molar-refractivity contribution in [3.8, 4) is 5.75 Å². The van der Waals surface area contributed by atoms with Gasteiger partial charge >= 0.3 is 5.97 Å². The van der Waals surface area contributed by atoms with Crippen LogP contribution in [-0.4, -0.2) is 28.1 Å². The number of hydrogen-bond acceptors (Lipinski definition) is 4. The van der Waals surface area contributed by atoms with E-state index in [1.165, 1.54) is 6.07 Å². The minimum Gasteiger partial charge on any atom is -0.488 e. The van der Waals surface area contributed by atoms with E-state index in [1.54, 1.807) is 0 Å². The van der Waals surface area contributed by atoms with Gasteiger partial charge < -0.3 is 15.6 Å². The number of nitrogens with two attached hydrogens (primary N) is 1. The Labute approximate surface area is 91.0 Å². The molecule has 1 saturated carbocycles. The van der Waals surface area contributed by atoms with Crippen LogP contribution in [0.5, 0.6) is 5.75 Å². The minimum absolute atomic E-state index is 0.0272. The van der Waals surface area contributed by atoms with Crippen molar-refractivity contribution in [2.24, 2.45) is 5.73 Å². The standard InChI is InChI=1S/C10H10N2O4/c11-9(13)8-7(16-6-1-2-6)3-5(4-12-8)10(14)15/h3-4,6H,1-2H2,(H2,11,13)(H,14,15). The highest BCUT2D eigenvalue weighted by molar-refractivity contribution is 5.95. The van der Waals surface area contributed by atoms with Crippen LogP contribution in [0.4, 0.5) is 0 Å². The second-order valence-corrected chi connectivity index (χ2v) is 3.56. The van der Waals surface area contributed by atoms with Crippen LogP contribution in [0.2, 0.25) is 0 Å². The maximum absolute atomic E-state index is 11.0. The molecule has 1 aromatic heterocycles. The van der Waals surface area contributed by atoms with E-state index in [4.69, 9.17) is 15.6 Å². The number of aromatic nitrogens is 1. The number of primary amides is 1. The lowest BCUT2D eigenvalue weighted by atomic mass is 10.2. The third kappa shape index (κ3) is 2.10. The van der Waals surface area contributed by atoms with Gasteiger partial charge in [-0.3, -0.25) is 4.79 Å². The van der Waals surface area contributed by atoms with Crippen LogP contribution in [0.15, 0.2) is 12.3 Å². The number of ether oxygens (including phenoxy) is 1. The third-order valence-electron chi connectivity index (χ3n) is 2.15. The average molecular weight is 222 g/mol. The Hall–Kier alpha value is -2.11. The van der Waals surface area contributed by atoms with Crippen molar-refractivity contribution >= 4 is 11.9 Å². The second kappa shape index (κ2) is 3.80. The fourth-order valence-corrected chi connectivity index (χ4v) is 1.20. The minimum atomic E-state index is -1.12. The molecule has 0 atom stereocenters. The molecule has 1 aliphatic rings. The van der Waals surface area contributed by atoms with E-state index in [0.717, 1.165) is 19.0 Å². The molecule has 0 bridgehead atoms. The summed E-state index contributed by atoms with van der Waals surface area (Å²) in [5.74, 6) is -1.70. The smallest absolute Gasteiger partial charge is 0.337 e. The lowest BCUT2D eigenvalue weighted by Gasteiger charge is -2.08. The summed E-state index contributed by atoms with van der Waals surface area (Å²) in [6.07, 6.45) is 2.93. The van der Waals surface area contributed by atoms with Crippen molar-refractivity contribution in [1.82, 2.24) is 4.98 Å². The van der Waals surface area contributed by atoms with Gasteiger partial charge in [-0.25, -0.2) is 9.78 Å². The fraction of sp³-hybridized carbons (Fsp3) is 0.300. The number of rotatable bonds is 4. The van der Waals surface area contributed by atoms with Crippen LogP contribution < -0.4 is 10.5 Å². The van der Waals surface area contributed by atoms with Crippen LogP contribution >= 0.6 is 0 Å². The largest absolute Gasteiger partial charge is 0.488 e. The molecule has 0 spiro atoms. The van der Waals surface area contributed by atoms with Crippen LogP contribution in [0.1, 0.15) is 33.7 Å². The number of carboxylic acid groups (broad SMARTS) is 1. The molecule has 0 saturated heterocycles. The molecule has 16 heavy (non-hydrogen) atoms. The molecule has 84 valence electrons. The van der Waals surface area contributed by atoms with Crippen LogP contribution in [-0.2, 0) is 0 Å². The Balaban J connectivity index is 2.37. The number of carbonyl (C=O) groups is 2. The number of pyridine rings is 1. The molecule has 2 rings (SSSR count). The summed E-state index contributed by atoms with van der Waals surface area (Å²) in [7, 11) is 0. The Morgan fingerprint density at radius 3 is 2.69 bits per heavy atom. The van der Waals surface area contributed by atoms with E-state index >= 15 is 0 Å². The predicted octanol–water partition coefficient (Wildman–Crippen LogP) is 0.420. The summed E-state index contributed by atoms with van der Waals surface area (Å²) in [5, 5.41) is 8.78. The Morgan fingerprint density at radius 2 is 2.19 bits per heavy atom. The zero-order chi connectivity index (χ0) is 11.7. The van der Waals surface area contributed by atoms with Gasteiger partial charge in [-0.2, -0.15) is 0 Å². The number of nitrogens with zero attached hydrogens (tertiary/aromatic N) is 1. The average Bonchev–Trinajstić information content (AvgIpc) is 3.01. The van der Waals surface area contributed by atoms with Crippen LogP contribution in [0.3, 0.4) is 0 Å². The first-order chi connectivity index (χ1) is 7.58. The molecule has 6 heteroatoms. The summed E-state index contributed by atoms with van der Waals surface area (Å²) in [4.78, 5) is 25.5. The van der Waals surface area contributed by atoms with E-state index in [2.05, 4.69) is 4.98 Å². The molecule has 0 unspecified atom stereocenters. The first-order valence-corrected chi connectivity index (χ1v) is 4.77. The molecule has 1 aliphatic carbocycles. The molecule has 1 amide bonds. The normalized spacial score (nSPS) is 14.5. The van der Waals surface area contributed by atoms with Gasteiger partial charge in [0.1, 0.15) is 0 Å². The summed E-state index contributed by atoms with van der Waals surface area (Å²) in [6.45, 7) is 0. The summed E-state index contributed by atoms with van der Waals surface area (Å²) in [5.41, 5.74) is 5.05. The lowest BCUT2D eigenvalue weighted by Crippen LogP contribution is -2.16. The monoisotopic (exact) mass is 222 g/mol. The van der Waals surface area contributed by atoms with E-state index in [9.17, 15) is 9.59 Å². The van der Waals surface area contributed by atoms with Crippen molar-refractivity contribution in [2.75, 3.05) is 0 Å². The summed E-state index contributed by atoms with van der Waals surface area (Å²) >= 11 is 0. The highest BCUT2D eigenvalue weighted by Gasteiger charge is 2.26. The van der Waals surface area contributed by atoms with Gasteiger partial charge in [0.15, 0.2) is 11.4 Å². The second-order valence-electron chi connectivity index (χ2n) is 3.56. The van der Waals surface area contributed by atoms with Gasteiger partial charge in [0.2, 0.25) is 0 Å². The Morgan fingerprint density at radius 1 is 1.50 bits per heavy atom. The number of amides is 1. The molecule has 3 N–H and O–H groups in total. The zero-order valence-electron chi connectivity index (χ0n) is 8.34. The molecule has 0 radical (unpaired) electrons. The van der Waals surface area contributed by atoms with Gasteiger partial charge in [0.05, 0.1) is 11.7 Å². The zero-order valence-corrected chi connectivity index (χ0v) is 8.34. The van der Waals surface area contributed by atoms with Gasteiger partial charge in [-0.15, -0.1) is 0 Å². The first kappa shape index (κ1) is 10.4. The van der Waals surface area contributed by atoms with Gasteiger partial charge in [-0.05, 0) is 18.9 Å². The van der Waals surface area contributed by atoms with Crippen LogP contribution in [0, 0.1) is 0 Å². The Kier molecular flexibility index (Phi) is 2.47. The van der Waals surface area contributed by atoms with Gasteiger partial charge in [0.25, 0.3) is 5.91 Å². The molecular formula is C10H10N2O4. The van der Waals surface area contributed by atoms with Crippen molar-refractivity contribution < 1.29 is 19.4 Å². The number of hydrogen-bond donors (Lipinski definition) is 2. The molecule has 1 heterocycles. The highest BCUT2D eigenvalue weighted by atomic mass is 16.5. The highest BCUT2D eigenvalue weighted by Crippen LogP contribution is 2.28. The molecule has 0 aromatic carbocycles. The van der Waals surface area contributed by atoms with E-state index in [-0.39, 0.29) is 23.1 Å². The van der Waals surface area contributed by atoms with Crippen molar-refractivity contribution in [1.29, 1.82) is 0 Å². The lowest BCUT2D eigenvalue weighted by molar-refractivity contribution is 0.0695. The molecule has 0 aliphatic heterocycles. The maximum atomic E-state index is 11.0. The predicted molar refractivity (Wildman–Crippen MR) is 53.4 cm³/mol. The fourth-order valence-electron chi connectivity index (χ4n) is 1.20. The third-order valence-corrected chi connectivity index (χ3v) is 2.15. The van der Waals surface area contributed by atoms with E-state index in [0.29, 0.717) is 0 Å². The number of aromatic carboxylic acids is 1.